The van der Waals surface area contributed by atoms with Crippen molar-refractivity contribution in [3.05, 3.63) is 0 Å². The highest BCUT2D eigenvalue weighted by Gasteiger charge is 2.48. The van der Waals surface area contributed by atoms with Crippen LogP contribution < -0.4 is 26.6 Å². The molecule has 33 nitrogen and oxygen atoms in total. The second-order valence-electron chi connectivity index (χ2n) is 21.4. The summed E-state index contributed by atoms with van der Waals surface area (Å²) < 4.78 is 50.5. The first-order valence-corrected chi connectivity index (χ1v) is 31.0. The van der Waals surface area contributed by atoms with Gasteiger partial charge in [0.2, 0.25) is 35.4 Å². The fourth-order valence-corrected chi connectivity index (χ4v) is 9.98. The van der Waals surface area contributed by atoms with Crippen LogP contribution in [0.1, 0.15) is 97.8 Å². The molecule has 16 N–H and O–H groups in total. The van der Waals surface area contributed by atoms with E-state index >= 15 is 0 Å². The number of unbranched alkanes of at least 4 members (excludes halogenated alkanes) is 3. The van der Waals surface area contributed by atoms with Crippen LogP contribution in [0.5, 0.6) is 0 Å². The number of hydrogen-bond donors (Lipinski definition) is 16. The number of hydrogen-bond acceptors (Lipinski definition) is 25. The standard InChI is InChI=1S/C52H94N7O26P/c1-30(63)55-40-46(73)43(70)34(26-60)83-50(40)79-23-8-5-14-37(67)53-17-11-19-58(39(69)16-7-10-25-81-52-42(57-32(3)65)48(75)45(72)36(28-62)85-52)21-13-22-59(49(76)33(66)29-82-86(4,77)78)20-12-18-54-38(68)15-6-9-24-80-51-41(56-31(2)64)47(74)44(71)35(27-61)84-51/h33-36,40-48,50-52,60-62,66,70-75H,5-29H2,1-4H3,(H,53,67)(H,54,68)(H,55,63)(H,56,64)(H,57,65)(H,77,78)/t33?,34?,35?,36?,40?,41?,42?,43-,44-,45-,46+,47+,48+,50+,51+,52+/m0/s1. The van der Waals surface area contributed by atoms with Gasteiger partial charge in [-0.1, -0.05) is 0 Å². The van der Waals surface area contributed by atoms with Gasteiger partial charge in [0, 0.05) is 106 Å². The largest absolute Gasteiger partial charge is 0.394 e. The average Bonchev–Trinajstić information content (AvgIpc) is 2.57. The van der Waals surface area contributed by atoms with E-state index in [1.54, 1.807) is 0 Å². The van der Waals surface area contributed by atoms with Crippen molar-refractivity contribution in [2.75, 3.05) is 92.2 Å². The fraction of sp³-hybridized carbons (Fsp3) is 0.865. The monoisotopic (exact) mass is 1260 g/mol. The molecule has 8 unspecified atom stereocenters. The average molecular weight is 1260 g/mol. The molecule has 3 heterocycles. The number of ether oxygens (including phenoxy) is 6. The number of nitrogens with one attached hydrogen (secondary N) is 5. The highest BCUT2D eigenvalue weighted by molar-refractivity contribution is 7.51. The van der Waals surface area contributed by atoms with Crippen LogP contribution >= 0.6 is 7.60 Å². The lowest BCUT2D eigenvalue weighted by atomic mass is 9.97. The van der Waals surface area contributed by atoms with E-state index in [9.17, 15) is 94.1 Å². The predicted octanol–water partition coefficient (Wildman–Crippen LogP) is -6.37. The summed E-state index contributed by atoms with van der Waals surface area (Å²) >= 11 is 0. The Hall–Kier alpha value is -4.20. The zero-order valence-corrected chi connectivity index (χ0v) is 50.2. The van der Waals surface area contributed by atoms with E-state index in [1.807, 2.05) is 0 Å². The van der Waals surface area contributed by atoms with Gasteiger partial charge in [-0.25, -0.2) is 0 Å². The van der Waals surface area contributed by atoms with Crippen molar-refractivity contribution >= 4 is 48.9 Å². The third kappa shape index (κ3) is 26.9. The minimum absolute atomic E-state index is 0.00541. The summed E-state index contributed by atoms with van der Waals surface area (Å²) in [5, 5.41) is 115. The summed E-state index contributed by atoms with van der Waals surface area (Å²) in [5.41, 5.74) is 0. The molecular weight excluding hydrogens is 1170 g/mol. The highest BCUT2D eigenvalue weighted by atomic mass is 31.2. The third-order valence-electron chi connectivity index (χ3n) is 14.1. The van der Waals surface area contributed by atoms with Gasteiger partial charge in [0.1, 0.15) is 73.1 Å². The first kappa shape index (κ1) is 76.0. The van der Waals surface area contributed by atoms with E-state index in [4.69, 9.17) is 32.9 Å². The second kappa shape index (κ2) is 39.7. The zero-order chi connectivity index (χ0) is 64.1. The Morgan fingerprint density at radius 3 is 1.19 bits per heavy atom. The number of carbonyl (C=O) groups excluding carboxylic acids is 7. The van der Waals surface area contributed by atoms with Crippen molar-refractivity contribution in [3.63, 3.8) is 0 Å². The molecule has 498 valence electrons. The Morgan fingerprint density at radius 1 is 0.500 bits per heavy atom. The van der Waals surface area contributed by atoms with Crippen LogP contribution in [0.15, 0.2) is 0 Å². The molecule has 0 radical (unpaired) electrons. The molecule has 3 aliphatic rings. The minimum atomic E-state index is -4.10. The molecule has 3 fully saturated rings. The lowest BCUT2D eigenvalue weighted by Gasteiger charge is -2.42. The third-order valence-corrected chi connectivity index (χ3v) is 14.7. The number of aliphatic hydroxyl groups excluding tert-OH is 10. The van der Waals surface area contributed by atoms with Gasteiger partial charge in [-0.2, -0.15) is 0 Å². The summed E-state index contributed by atoms with van der Waals surface area (Å²) in [6.07, 6.45) is -15.3. The fourth-order valence-electron chi connectivity index (χ4n) is 9.56. The molecular formula is C52H94N7O26P. The van der Waals surface area contributed by atoms with Crippen LogP contribution in [0.25, 0.3) is 0 Å². The van der Waals surface area contributed by atoms with Crippen LogP contribution in [0.3, 0.4) is 0 Å². The Bertz CT molecular complexity index is 2120. The molecule has 7 amide bonds. The van der Waals surface area contributed by atoms with Gasteiger partial charge in [0.15, 0.2) is 25.0 Å². The summed E-state index contributed by atoms with van der Waals surface area (Å²) in [4.78, 5) is 101. The second-order valence-corrected chi connectivity index (χ2v) is 23.2. The lowest BCUT2D eigenvalue weighted by Crippen LogP contribution is -2.64. The lowest BCUT2D eigenvalue weighted by molar-refractivity contribution is -0.270. The van der Waals surface area contributed by atoms with Gasteiger partial charge in [-0.05, 0) is 57.8 Å². The molecule has 0 saturated carbocycles. The molecule has 0 aromatic rings. The van der Waals surface area contributed by atoms with Crippen molar-refractivity contribution in [1.29, 1.82) is 0 Å². The van der Waals surface area contributed by atoms with Crippen molar-refractivity contribution < 1.29 is 127 Å². The predicted molar refractivity (Wildman–Crippen MR) is 296 cm³/mol. The van der Waals surface area contributed by atoms with E-state index in [0.29, 0.717) is 25.7 Å². The van der Waals surface area contributed by atoms with Crippen molar-refractivity contribution in [3.8, 4) is 0 Å². The van der Waals surface area contributed by atoms with E-state index < -0.39 is 156 Å². The molecule has 3 saturated heterocycles. The van der Waals surface area contributed by atoms with Gasteiger partial charge >= 0.3 is 7.60 Å². The van der Waals surface area contributed by atoms with E-state index in [-0.39, 0.29) is 128 Å². The van der Waals surface area contributed by atoms with Crippen molar-refractivity contribution in [1.82, 2.24) is 36.4 Å². The molecule has 17 atom stereocenters. The maximum Gasteiger partial charge on any atom is 0.325 e. The van der Waals surface area contributed by atoms with Gasteiger partial charge in [-0.15, -0.1) is 0 Å². The van der Waals surface area contributed by atoms with Crippen LogP contribution in [0.2, 0.25) is 0 Å². The van der Waals surface area contributed by atoms with Crippen LogP contribution in [0, 0.1) is 0 Å². The number of amides is 7. The topological polar surface area (TPSA) is 490 Å². The smallest absolute Gasteiger partial charge is 0.325 e. The minimum Gasteiger partial charge on any atom is -0.394 e. The molecule has 0 aromatic carbocycles. The molecule has 0 bridgehead atoms. The summed E-state index contributed by atoms with van der Waals surface area (Å²) in [6.45, 7) is 2.25. The molecule has 86 heavy (non-hydrogen) atoms. The zero-order valence-electron chi connectivity index (χ0n) is 49.3. The van der Waals surface area contributed by atoms with Gasteiger partial charge in [-0.3, -0.25) is 38.1 Å². The Morgan fingerprint density at radius 2 is 0.837 bits per heavy atom. The van der Waals surface area contributed by atoms with Gasteiger partial charge < -0.3 is 125 Å². The first-order chi connectivity index (χ1) is 40.7. The van der Waals surface area contributed by atoms with E-state index in [2.05, 4.69) is 26.6 Å². The first-order valence-electron chi connectivity index (χ1n) is 29.0. The molecule has 0 spiro atoms. The summed E-state index contributed by atoms with van der Waals surface area (Å²) in [7, 11) is -4.10. The summed E-state index contributed by atoms with van der Waals surface area (Å²) in [6, 6.07) is -3.42. The number of carbonyl (C=O) groups is 7. The number of aliphatic hydroxyl groups is 10. The Kier molecular flexibility index (Phi) is 35.1. The van der Waals surface area contributed by atoms with E-state index in [1.165, 1.54) is 30.6 Å². The maximum atomic E-state index is 13.9. The molecule has 0 aliphatic carbocycles. The SMILES string of the molecule is CC(=O)NC1[C@H](OCCCCC(=O)NCCCN(CCCN(CCCNC(=O)CCCCO[C@@H]2OC(CO)[C@H](O)[C@H](O)C2NC(C)=O)C(=O)C(O)COP(C)(=O)O)C(=O)CCCCO[C@@H]2OC(CO)[C@H](O)[C@H](O)C2NC(C)=O)OC(CO)[C@H](O)[C@@H]1O. The molecule has 0 aromatic heterocycles. The molecule has 3 rings (SSSR count). The Labute approximate surface area is 499 Å². The van der Waals surface area contributed by atoms with Crippen LogP contribution in [0.4, 0.5) is 0 Å². The van der Waals surface area contributed by atoms with E-state index in [0.717, 1.165) is 6.66 Å². The summed E-state index contributed by atoms with van der Waals surface area (Å²) in [5.74, 6) is -3.40. The quantitative estimate of drug-likeness (QED) is 0.0200. The molecule has 3 aliphatic heterocycles. The van der Waals surface area contributed by atoms with Crippen LogP contribution in [-0.4, -0.2) is 297 Å². The van der Waals surface area contributed by atoms with Crippen molar-refractivity contribution in [2.24, 2.45) is 0 Å². The number of nitrogens with zero attached hydrogens (tertiary/aromatic N) is 2. The van der Waals surface area contributed by atoms with Crippen LogP contribution in [-0.2, 0) is 71.1 Å². The Balaban J connectivity index is 1.59. The molecule has 34 heteroatoms. The highest BCUT2D eigenvalue weighted by Crippen LogP contribution is 2.36. The van der Waals surface area contributed by atoms with Gasteiger partial charge in [0.25, 0.3) is 5.91 Å². The normalized spacial score (nSPS) is 28.5. The maximum absolute atomic E-state index is 13.9. The van der Waals surface area contributed by atoms with Gasteiger partial charge in [0.05, 0.1) is 26.4 Å². The van der Waals surface area contributed by atoms with Crippen molar-refractivity contribution in [2.45, 2.75) is 196 Å². The number of rotatable bonds is 40.